The second kappa shape index (κ2) is 11.0. The number of hydrogen-bond acceptors (Lipinski definition) is 6. The monoisotopic (exact) mass is 481 g/mol. The van der Waals surface area contributed by atoms with Gasteiger partial charge in [0.25, 0.3) is 21.8 Å². The van der Waals surface area contributed by atoms with Gasteiger partial charge in [-0.3, -0.25) is 25.2 Å². The summed E-state index contributed by atoms with van der Waals surface area (Å²) in [5.74, 6) is -0.201. The molecular weight excluding hydrogens is 458 g/mol. The van der Waals surface area contributed by atoms with Gasteiger partial charge in [-0.1, -0.05) is 30.3 Å². The van der Waals surface area contributed by atoms with E-state index in [-0.39, 0.29) is 16.1 Å². The normalized spacial score (nSPS) is 11.0. The molecule has 10 heteroatoms. The highest BCUT2D eigenvalue weighted by Gasteiger charge is 2.18. The zero-order chi connectivity index (χ0) is 24.6. The fourth-order valence-electron chi connectivity index (χ4n) is 2.86. The zero-order valence-corrected chi connectivity index (χ0v) is 19.3. The average molecular weight is 482 g/mol. The molecular formula is C24H23N3O6S. The standard InChI is InChI=1S/C24H23N3O6S/c1-32-19-13-10-17(11-14-19)12-15-23(28)25-26-24(29)18-6-5-7-20(16-18)34(30,31)27-21-8-3-4-9-22(21)33-2/h3-16,27H,1-2H3,(H,25,28)(H,26,29)/b15-12+. The number of hydrazine groups is 1. The van der Waals surface area contributed by atoms with Crippen molar-refractivity contribution in [2.45, 2.75) is 4.90 Å². The summed E-state index contributed by atoms with van der Waals surface area (Å²) in [7, 11) is -1.01. The summed E-state index contributed by atoms with van der Waals surface area (Å²) >= 11 is 0. The molecule has 9 nitrogen and oxygen atoms in total. The lowest BCUT2D eigenvalue weighted by atomic mass is 10.2. The molecule has 3 N–H and O–H groups in total. The summed E-state index contributed by atoms with van der Waals surface area (Å²) in [5.41, 5.74) is 5.58. The van der Waals surface area contributed by atoms with Crippen LogP contribution >= 0.6 is 0 Å². The molecule has 3 rings (SSSR count). The van der Waals surface area contributed by atoms with Crippen LogP contribution in [0.2, 0.25) is 0 Å². The molecule has 0 aliphatic rings. The lowest BCUT2D eigenvalue weighted by molar-refractivity contribution is -0.117. The van der Waals surface area contributed by atoms with Gasteiger partial charge in [-0.05, 0) is 54.1 Å². The van der Waals surface area contributed by atoms with Gasteiger partial charge in [-0.2, -0.15) is 0 Å². The fraction of sp³-hybridized carbons (Fsp3) is 0.0833. The van der Waals surface area contributed by atoms with E-state index in [0.29, 0.717) is 11.5 Å². The quantitative estimate of drug-likeness (QED) is 0.336. The summed E-state index contributed by atoms with van der Waals surface area (Å²) in [6, 6.07) is 19.0. The van der Waals surface area contributed by atoms with Crippen LogP contribution in [-0.2, 0) is 14.8 Å². The summed E-state index contributed by atoms with van der Waals surface area (Å²) in [5, 5.41) is 0. The third kappa shape index (κ3) is 6.36. The van der Waals surface area contributed by atoms with Gasteiger partial charge in [0.05, 0.1) is 24.8 Å². The minimum atomic E-state index is -4.00. The Morgan fingerprint density at radius 2 is 1.59 bits per heavy atom. The molecule has 0 bridgehead atoms. The molecule has 0 heterocycles. The van der Waals surface area contributed by atoms with Gasteiger partial charge < -0.3 is 9.47 Å². The van der Waals surface area contributed by atoms with Gasteiger partial charge >= 0.3 is 0 Å². The highest BCUT2D eigenvalue weighted by atomic mass is 32.2. The van der Waals surface area contributed by atoms with Crippen molar-refractivity contribution in [3.05, 3.63) is 90.0 Å². The molecule has 3 aromatic carbocycles. The van der Waals surface area contributed by atoms with E-state index in [0.717, 1.165) is 5.56 Å². The number of para-hydroxylation sites is 2. The Morgan fingerprint density at radius 3 is 2.29 bits per heavy atom. The van der Waals surface area contributed by atoms with Gasteiger partial charge in [-0.25, -0.2) is 8.42 Å². The van der Waals surface area contributed by atoms with E-state index in [1.165, 1.54) is 37.5 Å². The molecule has 0 fully saturated rings. The van der Waals surface area contributed by atoms with Gasteiger partial charge in [0.1, 0.15) is 11.5 Å². The first-order chi connectivity index (χ1) is 16.3. The number of hydrogen-bond donors (Lipinski definition) is 3. The van der Waals surface area contributed by atoms with Crippen molar-refractivity contribution in [1.29, 1.82) is 0 Å². The lowest BCUT2D eigenvalue weighted by Gasteiger charge is -2.12. The first-order valence-electron chi connectivity index (χ1n) is 10.0. The smallest absolute Gasteiger partial charge is 0.269 e. The van der Waals surface area contributed by atoms with E-state index in [2.05, 4.69) is 15.6 Å². The number of amides is 2. The zero-order valence-electron chi connectivity index (χ0n) is 18.4. The van der Waals surface area contributed by atoms with Crippen LogP contribution in [0.15, 0.2) is 83.8 Å². The molecule has 0 unspecified atom stereocenters. The maximum absolute atomic E-state index is 12.8. The first kappa shape index (κ1) is 24.3. The topological polar surface area (TPSA) is 123 Å². The predicted octanol–water partition coefficient (Wildman–Crippen LogP) is 2.98. The van der Waals surface area contributed by atoms with Crippen molar-refractivity contribution in [3.63, 3.8) is 0 Å². The first-order valence-corrected chi connectivity index (χ1v) is 11.5. The lowest BCUT2D eigenvalue weighted by Crippen LogP contribution is -2.40. The van der Waals surface area contributed by atoms with Gasteiger partial charge in [0.15, 0.2) is 0 Å². The third-order valence-electron chi connectivity index (χ3n) is 4.60. The number of nitrogens with one attached hydrogen (secondary N) is 3. The molecule has 34 heavy (non-hydrogen) atoms. The van der Waals surface area contributed by atoms with E-state index in [9.17, 15) is 18.0 Å². The Labute approximate surface area is 197 Å². The average Bonchev–Trinajstić information content (AvgIpc) is 2.86. The van der Waals surface area contributed by atoms with Gasteiger partial charge in [0.2, 0.25) is 0 Å². The number of ether oxygens (including phenoxy) is 2. The summed E-state index contributed by atoms with van der Waals surface area (Å²) in [6.07, 6.45) is 2.82. The largest absolute Gasteiger partial charge is 0.497 e. The Hall–Kier alpha value is -4.31. The minimum absolute atomic E-state index is 0.0438. The van der Waals surface area contributed by atoms with E-state index >= 15 is 0 Å². The Bertz CT molecular complexity index is 1300. The molecule has 0 spiro atoms. The van der Waals surface area contributed by atoms with Crippen LogP contribution in [0.3, 0.4) is 0 Å². The summed E-state index contributed by atoms with van der Waals surface area (Å²) < 4.78 is 38.2. The van der Waals surface area contributed by atoms with E-state index in [1.807, 2.05) is 0 Å². The van der Waals surface area contributed by atoms with Crippen LogP contribution in [0, 0.1) is 0 Å². The van der Waals surface area contributed by atoms with Crippen LogP contribution in [0.4, 0.5) is 5.69 Å². The van der Waals surface area contributed by atoms with Gasteiger partial charge in [-0.15, -0.1) is 0 Å². The van der Waals surface area contributed by atoms with Crippen molar-refractivity contribution >= 4 is 33.6 Å². The minimum Gasteiger partial charge on any atom is -0.497 e. The SMILES string of the molecule is COc1ccc(/C=C/C(=O)NNC(=O)c2cccc(S(=O)(=O)Nc3ccccc3OC)c2)cc1. The van der Waals surface area contributed by atoms with Crippen LogP contribution in [-0.4, -0.2) is 34.5 Å². The maximum atomic E-state index is 12.8. The molecule has 2 amide bonds. The van der Waals surface area contributed by atoms with Crippen molar-refractivity contribution < 1.29 is 27.5 Å². The predicted molar refractivity (Wildman–Crippen MR) is 128 cm³/mol. The number of benzene rings is 3. The molecule has 0 radical (unpaired) electrons. The van der Waals surface area contributed by atoms with Crippen LogP contribution in [0.5, 0.6) is 11.5 Å². The number of carbonyl (C=O) groups excluding carboxylic acids is 2. The Morgan fingerprint density at radius 1 is 0.853 bits per heavy atom. The van der Waals surface area contributed by atoms with E-state index < -0.39 is 21.8 Å². The Balaban J connectivity index is 1.63. The molecule has 0 saturated carbocycles. The highest BCUT2D eigenvalue weighted by molar-refractivity contribution is 7.92. The molecule has 0 saturated heterocycles. The molecule has 176 valence electrons. The van der Waals surface area contributed by atoms with Crippen LogP contribution < -0.4 is 25.0 Å². The number of sulfonamides is 1. The van der Waals surface area contributed by atoms with Gasteiger partial charge in [0, 0.05) is 11.6 Å². The third-order valence-corrected chi connectivity index (χ3v) is 5.96. The van der Waals surface area contributed by atoms with E-state index in [1.54, 1.807) is 61.7 Å². The summed E-state index contributed by atoms with van der Waals surface area (Å²) in [6.45, 7) is 0. The summed E-state index contributed by atoms with van der Waals surface area (Å²) in [4.78, 5) is 24.3. The molecule has 0 aliphatic heterocycles. The second-order valence-electron chi connectivity index (χ2n) is 6.88. The Kier molecular flexibility index (Phi) is 7.88. The van der Waals surface area contributed by atoms with Crippen LogP contribution in [0.1, 0.15) is 15.9 Å². The maximum Gasteiger partial charge on any atom is 0.269 e. The van der Waals surface area contributed by atoms with Crippen molar-refractivity contribution in [3.8, 4) is 11.5 Å². The molecule has 0 aliphatic carbocycles. The van der Waals surface area contributed by atoms with Crippen molar-refractivity contribution in [1.82, 2.24) is 10.9 Å². The molecule has 0 atom stereocenters. The van der Waals surface area contributed by atoms with Crippen LogP contribution in [0.25, 0.3) is 6.08 Å². The highest BCUT2D eigenvalue weighted by Crippen LogP contribution is 2.26. The number of methoxy groups -OCH3 is 2. The number of anilines is 1. The fourth-order valence-corrected chi connectivity index (χ4v) is 3.97. The van der Waals surface area contributed by atoms with E-state index in [4.69, 9.17) is 9.47 Å². The molecule has 0 aromatic heterocycles. The number of carbonyl (C=O) groups is 2. The van der Waals surface area contributed by atoms with Crippen molar-refractivity contribution in [2.75, 3.05) is 18.9 Å². The second-order valence-corrected chi connectivity index (χ2v) is 8.57. The molecule has 3 aromatic rings. The number of rotatable bonds is 8. The van der Waals surface area contributed by atoms with Crippen molar-refractivity contribution in [2.24, 2.45) is 0 Å².